The number of hydrogen-bond donors (Lipinski definition) is 0. The fraction of sp³-hybridized carbons (Fsp3) is 0.885. The number of carbonyl (C=O) groups excluding carboxylic acids is 1. The summed E-state index contributed by atoms with van der Waals surface area (Å²) in [5.74, 6) is -0.310. The first-order chi connectivity index (χ1) is 14.0. The second-order valence-corrected chi connectivity index (χ2v) is 9.31. The van der Waals surface area contributed by atoms with Crippen molar-refractivity contribution in [1.82, 2.24) is 0 Å². The maximum Gasteiger partial charge on any atom is 0.334 e. The molecule has 0 aromatic rings. The van der Waals surface area contributed by atoms with Crippen molar-refractivity contribution in [2.45, 2.75) is 129 Å². The van der Waals surface area contributed by atoms with Gasteiger partial charge in [-0.25, -0.2) is 4.79 Å². The summed E-state index contributed by atoms with van der Waals surface area (Å²) in [5, 5.41) is 0. The predicted molar refractivity (Wildman–Crippen MR) is 127 cm³/mol. The van der Waals surface area contributed by atoms with Crippen LogP contribution < -0.4 is 12.4 Å². The van der Waals surface area contributed by atoms with Crippen LogP contribution in [-0.4, -0.2) is 37.3 Å². The Labute approximate surface area is 195 Å². The fourth-order valence-corrected chi connectivity index (χ4v) is 4.11. The van der Waals surface area contributed by atoms with Gasteiger partial charge in [0.05, 0.1) is 20.6 Å². The van der Waals surface area contributed by atoms with Crippen LogP contribution in [0.2, 0.25) is 0 Å². The Morgan fingerprint density at radius 2 is 1.13 bits per heavy atom. The first kappa shape index (κ1) is 31.6. The lowest BCUT2D eigenvalue weighted by atomic mass is 10.0. The molecule has 0 N–H and O–H groups in total. The molecule has 0 aliphatic carbocycles. The van der Waals surface area contributed by atoms with E-state index >= 15 is 0 Å². The van der Waals surface area contributed by atoms with Crippen molar-refractivity contribution < 1.29 is 26.4 Å². The van der Waals surface area contributed by atoms with Gasteiger partial charge in [-0.3, -0.25) is 4.48 Å². The molecule has 0 aliphatic heterocycles. The molecule has 1 atom stereocenters. The number of ether oxygens (including phenoxy) is 1. The van der Waals surface area contributed by atoms with Crippen LogP contribution in [-0.2, 0) is 9.53 Å². The predicted octanol–water partition coefficient (Wildman–Crippen LogP) is 4.79. The maximum absolute atomic E-state index is 11.5. The van der Waals surface area contributed by atoms with Crippen LogP contribution in [0.5, 0.6) is 0 Å². The van der Waals surface area contributed by atoms with Crippen LogP contribution in [0.1, 0.15) is 123 Å². The average molecular weight is 446 g/mol. The van der Waals surface area contributed by atoms with E-state index in [4.69, 9.17) is 4.74 Å². The van der Waals surface area contributed by atoms with Gasteiger partial charge < -0.3 is 17.1 Å². The Morgan fingerprint density at radius 1 is 0.767 bits per heavy atom. The number of hydrogen-bond acceptors (Lipinski definition) is 2. The maximum atomic E-state index is 11.5. The van der Waals surface area contributed by atoms with Crippen molar-refractivity contribution >= 4 is 5.97 Å². The molecule has 0 radical (unpaired) electrons. The Hall–Kier alpha value is -0.540. The highest BCUT2D eigenvalue weighted by Crippen LogP contribution is 2.17. The van der Waals surface area contributed by atoms with Gasteiger partial charge in [-0.05, 0) is 12.8 Å². The number of quaternary nitrogens is 1. The highest BCUT2D eigenvalue weighted by Gasteiger charge is 2.28. The first-order valence-electron chi connectivity index (χ1n) is 12.6. The lowest BCUT2D eigenvalue weighted by Gasteiger charge is -2.36. The fourth-order valence-electron chi connectivity index (χ4n) is 4.11. The molecule has 180 valence electrons. The zero-order chi connectivity index (χ0) is 21.8. The molecule has 0 heterocycles. The van der Waals surface area contributed by atoms with Gasteiger partial charge in [0.1, 0.15) is 0 Å². The quantitative estimate of drug-likeness (QED) is 0.0834. The van der Waals surface area contributed by atoms with Gasteiger partial charge in [-0.1, -0.05) is 110 Å². The first-order valence-corrected chi connectivity index (χ1v) is 12.6. The Bertz CT molecular complexity index is 398. The van der Waals surface area contributed by atoms with Crippen LogP contribution in [0.25, 0.3) is 0 Å². The van der Waals surface area contributed by atoms with Gasteiger partial charge >= 0.3 is 5.97 Å². The molecule has 0 amide bonds. The molecule has 1 unspecified atom stereocenters. The number of rotatable bonds is 21. The molecule has 0 bridgehead atoms. The summed E-state index contributed by atoms with van der Waals surface area (Å²) in [6.07, 6.45) is 24.3. The molecule has 0 saturated carbocycles. The molecule has 0 aromatic carbocycles. The zero-order valence-corrected chi connectivity index (χ0v) is 21.5. The van der Waals surface area contributed by atoms with Crippen LogP contribution in [0.3, 0.4) is 0 Å². The van der Waals surface area contributed by atoms with E-state index in [1.807, 2.05) is 0 Å². The average Bonchev–Trinajstić information content (AvgIpc) is 2.71. The minimum absolute atomic E-state index is 0. The number of nitrogens with zero attached hydrogens (tertiary/aromatic N) is 1. The summed E-state index contributed by atoms with van der Waals surface area (Å²) in [6.45, 7) is 8.92. The van der Waals surface area contributed by atoms with Gasteiger partial charge in [-0.15, -0.1) is 0 Å². The molecular weight excluding hydrogens is 394 g/mol. The van der Waals surface area contributed by atoms with E-state index < -0.39 is 0 Å². The molecular formula is C26H52ClNO2. The number of unbranched alkanes of at least 4 members (excludes halogenated alkanes) is 15. The van der Waals surface area contributed by atoms with Crippen molar-refractivity contribution in [2.75, 3.05) is 20.6 Å². The standard InChI is InChI=1S/C26H52NO2.ClH/c1-6-9-10-11-12-13-14-15-16-17-18-19-20-21-22-23-24-27(4,5)25(7-2)29-26(28)8-3;/h8,25H,3,6-7,9-24H2,1-2,4-5H3;1H/q+1;/p-1. The van der Waals surface area contributed by atoms with E-state index in [2.05, 4.69) is 34.5 Å². The van der Waals surface area contributed by atoms with E-state index in [9.17, 15) is 4.79 Å². The smallest absolute Gasteiger partial charge is 0.334 e. The van der Waals surface area contributed by atoms with Gasteiger partial charge in [0.2, 0.25) is 6.23 Å². The Kier molecular flexibility index (Phi) is 22.9. The van der Waals surface area contributed by atoms with Crippen molar-refractivity contribution in [3.8, 4) is 0 Å². The molecule has 0 rings (SSSR count). The second-order valence-electron chi connectivity index (χ2n) is 9.31. The van der Waals surface area contributed by atoms with Crippen molar-refractivity contribution in [3.63, 3.8) is 0 Å². The van der Waals surface area contributed by atoms with Crippen LogP contribution in [0, 0.1) is 0 Å². The van der Waals surface area contributed by atoms with Crippen molar-refractivity contribution in [1.29, 1.82) is 0 Å². The molecule has 30 heavy (non-hydrogen) atoms. The lowest BCUT2D eigenvalue weighted by Crippen LogP contribution is -3.00. The summed E-state index contributed by atoms with van der Waals surface area (Å²) in [7, 11) is 4.32. The van der Waals surface area contributed by atoms with Crippen LogP contribution in [0.15, 0.2) is 12.7 Å². The van der Waals surface area contributed by atoms with E-state index in [1.54, 1.807) is 0 Å². The van der Waals surface area contributed by atoms with Gasteiger partial charge in [-0.2, -0.15) is 0 Å². The lowest BCUT2D eigenvalue weighted by molar-refractivity contribution is -0.935. The van der Waals surface area contributed by atoms with Gasteiger partial charge in [0, 0.05) is 12.5 Å². The second kappa shape index (κ2) is 21.7. The Morgan fingerprint density at radius 3 is 1.47 bits per heavy atom. The third-order valence-electron chi connectivity index (χ3n) is 6.14. The van der Waals surface area contributed by atoms with E-state index in [0.29, 0.717) is 0 Å². The van der Waals surface area contributed by atoms with Gasteiger partial charge in [0.25, 0.3) is 0 Å². The zero-order valence-electron chi connectivity index (χ0n) is 20.7. The van der Waals surface area contributed by atoms with Gasteiger partial charge in [0.15, 0.2) is 0 Å². The minimum atomic E-state index is -0.310. The molecule has 4 heteroatoms. The Balaban J connectivity index is 0. The number of esters is 1. The largest absolute Gasteiger partial charge is 1.00 e. The molecule has 0 aromatic heterocycles. The monoisotopic (exact) mass is 445 g/mol. The van der Waals surface area contributed by atoms with E-state index in [0.717, 1.165) is 17.4 Å². The summed E-state index contributed by atoms with van der Waals surface area (Å²) in [4.78, 5) is 11.5. The molecule has 3 nitrogen and oxygen atoms in total. The summed E-state index contributed by atoms with van der Waals surface area (Å²) in [5.41, 5.74) is 0. The van der Waals surface area contributed by atoms with E-state index in [-0.39, 0.29) is 24.6 Å². The summed E-state index contributed by atoms with van der Waals surface area (Å²) < 4.78 is 6.25. The molecule has 0 aliphatic rings. The molecule has 0 fully saturated rings. The molecule has 0 saturated heterocycles. The molecule has 0 spiro atoms. The highest BCUT2D eigenvalue weighted by molar-refractivity contribution is 5.81. The minimum Gasteiger partial charge on any atom is -1.00 e. The normalized spacial score (nSPS) is 12.3. The number of halogens is 1. The SMILES string of the molecule is C=CC(=O)OC(CC)[N+](C)(C)CCCCCCCCCCCCCCCCCC.[Cl-]. The number of carbonyl (C=O) groups is 1. The van der Waals surface area contributed by atoms with Crippen molar-refractivity contribution in [2.24, 2.45) is 0 Å². The van der Waals surface area contributed by atoms with Crippen molar-refractivity contribution in [3.05, 3.63) is 12.7 Å². The highest BCUT2D eigenvalue weighted by atomic mass is 35.5. The van der Waals surface area contributed by atoms with Crippen LogP contribution >= 0.6 is 0 Å². The van der Waals surface area contributed by atoms with E-state index in [1.165, 1.54) is 109 Å². The van der Waals surface area contributed by atoms with Crippen LogP contribution in [0.4, 0.5) is 0 Å². The summed E-state index contributed by atoms with van der Waals surface area (Å²) >= 11 is 0. The third kappa shape index (κ3) is 18.2. The topological polar surface area (TPSA) is 26.3 Å². The third-order valence-corrected chi connectivity index (χ3v) is 6.14. The summed E-state index contributed by atoms with van der Waals surface area (Å²) in [6, 6.07) is 0.